The molecular weight excluding hydrogens is 877 g/mol. The van der Waals surface area contributed by atoms with E-state index in [0.717, 1.165) is 41.1 Å². The molecule has 0 aromatic heterocycles. The van der Waals surface area contributed by atoms with Crippen LogP contribution in [0.4, 0.5) is 5.69 Å². The van der Waals surface area contributed by atoms with Crippen LogP contribution in [-0.4, -0.2) is 74.2 Å². The highest BCUT2D eigenvalue weighted by Gasteiger charge is 2.37. The molecule has 6 rings (SSSR count). The van der Waals surface area contributed by atoms with Crippen molar-refractivity contribution in [2.24, 2.45) is 5.41 Å². The van der Waals surface area contributed by atoms with Gasteiger partial charge in [0, 0.05) is 94.5 Å². The number of likely N-dealkylation sites (N-methyl/N-ethyl adjacent to an activating group) is 2. The SMILES string of the molecule is CC1=CC(C)(C)[N+](C)=c2cc3c(cc21)=C(c1c(Cl)c(SCC(=O)NCCCCCC(=O)C(C)(C)C)c(Cl)c(Cl)c1C=O)c1cc2c(cc1O3)N(C)C(C)(C)C=C2CS(=O)(=O)O. The van der Waals surface area contributed by atoms with Crippen LogP contribution >= 0.6 is 46.6 Å². The summed E-state index contributed by atoms with van der Waals surface area (Å²) >= 11 is 22.3. The smallest absolute Gasteiger partial charge is 0.269 e. The first kappa shape index (κ1) is 46.8. The van der Waals surface area contributed by atoms with Crippen molar-refractivity contribution < 1.29 is 32.1 Å². The van der Waals surface area contributed by atoms with E-state index in [1.165, 1.54) is 0 Å². The highest BCUT2D eigenvalue weighted by atomic mass is 35.5. The number of rotatable bonds is 13. The Morgan fingerprint density at radius 3 is 2.28 bits per heavy atom. The molecule has 0 unspecified atom stereocenters. The lowest BCUT2D eigenvalue weighted by atomic mass is 9.83. The summed E-state index contributed by atoms with van der Waals surface area (Å²) in [5, 5.41) is 4.52. The molecule has 0 atom stereocenters. The zero-order chi connectivity index (χ0) is 45.1. The number of anilines is 1. The van der Waals surface area contributed by atoms with E-state index >= 15 is 0 Å². The maximum absolute atomic E-state index is 13.2. The lowest BCUT2D eigenvalue weighted by molar-refractivity contribution is -0.126. The standard InChI is InChI=1S/C46H52Cl3N3O7S2/c1-25-20-45(5,6)51(9)32-18-34-29(16-27(25)32)38(30-17-28-26(24-61(56,57)58)21-46(7,8)52(10)33(28)19-35(30)59-34)39-31(22-53)40(47)42(49)43(41(39)48)60-23-37(55)50-15-13-11-12-14-36(54)44(2,3)4/h16-22H,11-15,23-24H2,1-10H3,(H-,50,55,56,57,58)/p+1. The van der Waals surface area contributed by atoms with Gasteiger partial charge in [-0.25, -0.2) is 4.58 Å². The van der Waals surface area contributed by atoms with E-state index in [4.69, 9.17) is 39.5 Å². The van der Waals surface area contributed by atoms with Gasteiger partial charge < -0.3 is 15.0 Å². The third kappa shape index (κ3) is 9.36. The fraction of sp³-hybridized carbons (Fsp3) is 0.435. The summed E-state index contributed by atoms with van der Waals surface area (Å²) in [5.41, 5.74) is 3.49. The number of aldehydes is 1. The third-order valence-corrected chi connectivity index (χ3v) is 15.1. The van der Waals surface area contributed by atoms with E-state index in [9.17, 15) is 27.4 Å². The highest BCUT2D eigenvalue weighted by Crippen LogP contribution is 2.51. The topological polar surface area (TPSA) is 133 Å². The lowest BCUT2D eigenvalue weighted by Crippen LogP contribution is -2.47. The number of carbonyl (C=O) groups is 3. The Morgan fingerprint density at radius 2 is 1.64 bits per heavy atom. The number of Topliss-reactive ketones (excluding diaryl/α,β-unsaturated/α-hetero) is 1. The molecule has 0 saturated heterocycles. The number of unbranched alkanes of at least 4 members (excludes halogenated alkanes) is 2. The number of ether oxygens (including phenoxy) is 1. The van der Waals surface area contributed by atoms with Gasteiger partial charge in [0.25, 0.3) is 10.1 Å². The van der Waals surface area contributed by atoms with E-state index in [1.807, 2.05) is 84.8 Å². The molecule has 1 amide bonds. The minimum absolute atomic E-state index is 0.0210. The number of benzene rings is 3. The van der Waals surface area contributed by atoms with Gasteiger partial charge in [-0.2, -0.15) is 8.42 Å². The van der Waals surface area contributed by atoms with Gasteiger partial charge in [0.1, 0.15) is 30.1 Å². The lowest BCUT2D eigenvalue weighted by Gasteiger charge is -2.41. The molecule has 10 nitrogen and oxygen atoms in total. The fourth-order valence-electron chi connectivity index (χ4n) is 8.12. The van der Waals surface area contributed by atoms with E-state index in [1.54, 1.807) is 6.07 Å². The maximum Gasteiger partial charge on any atom is 0.269 e. The summed E-state index contributed by atoms with van der Waals surface area (Å²) in [7, 11) is -0.538. The summed E-state index contributed by atoms with van der Waals surface area (Å²) in [6, 6.07) is 7.60. The number of carbonyl (C=O) groups excluding carboxylic acids is 3. The number of hydrogen-bond acceptors (Lipinski definition) is 8. The van der Waals surface area contributed by atoms with Crippen molar-refractivity contribution in [1.82, 2.24) is 9.89 Å². The molecule has 3 heterocycles. The normalized spacial score (nSPS) is 16.4. The van der Waals surface area contributed by atoms with Gasteiger partial charge in [-0.3, -0.25) is 18.9 Å². The van der Waals surface area contributed by atoms with Crippen LogP contribution in [0.5, 0.6) is 11.5 Å². The second-order valence-corrected chi connectivity index (χ2v) is 21.7. The number of nitrogens with zero attached hydrogens (tertiary/aromatic N) is 2. The predicted molar refractivity (Wildman–Crippen MR) is 249 cm³/mol. The number of allylic oxidation sites excluding steroid dienone is 1. The zero-order valence-electron chi connectivity index (χ0n) is 36.2. The molecule has 3 aromatic rings. The molecule has 61 heavy (non-hydrogen) atoms. The molecule has 326 valence electrons. The number of nitrogens with one attached hydrogen (secondary N) is 1. The van der Waals surface area contributed by atoms with Gasteiger partial charge >= 0.3 is 0 Å². The second-order valence-electron chi connectivity index (χ2n) is 18.2. The van der Waals surface area contributed by atoms with Crippen molar-refractivity contribution in [2.75, 3.05) is 37.0 Å². The Kier molecular flexibility index (Phi) is 13.2. The molecule has 3 aromatic carbocycles. The quantitative estimate of drug-likeness (QED) is 0.0337. The van der Waals surface area contributed by atoms with Crippen LogP contribution in [0.2, 0.25) is 15.1 Å². The van der Waals surface area contributed by atoms with Crippen molar-refractivity contribution in [3.05, 3.63) is 89.9 Å². The summed E-state index contributed by atoms with van der Waals surface area (Å²) < 4.78 is 43.9. The molecule has 0 bridgehead atoms. The second kappa shape index (κ2) is 17.1. The van der Waals surface area contributed by atoms with Crippen molar-refractivity contribution in [3.63, 3.8) is 0 Å². The molecule has 0 fully saturated rings. The summed E-state index contributed by atoms with van der Waals surface area (Å²) in [5.74, 6) is 0.173. The Balaban J connectivity index is 1.51. The predicted octanol–water partition coefficient (Wildman–Crippen LogP) is 9.01. The number of fused-ring (bicyclic) bond motifs is 4. The molecule has 3 aliphatic rings. The van der Waals surface area contributed by atoms with Crippen LogP contribution in [-0.2, 0) is 19.7 Å². The fourth-order valence-corrected chi connectivity index (χ4v) is 10.7. The number of halogens is 3. The summed E-state index contributed by atoms with van der Waals surface area (Å²) in [4.78, 5) is 40.9. The number of ketones is 1. The van der Waals surface area contributed by atoms with Gasteiger partial charge in [-0.1, -0.05) is 68.1 Å². The number of hydrogen-bond donors (Lipinski definition) is 2. The minimum Gasteiger partial charge on any atom is -0.456 e. The maximum atomic E-state index is 13.2. The van der Waals surface area contributed by atoms with E-state index in [-0.39, 0.29) is 54.6 Å². The van der Waals surface area contributed by atoms with Gasteiger partial charge in [-0.05, 0) is 63.0 Å². The molecule has 3 aliphatic heterocycles. The highest BCUT2D eigenvalue weighted by molar-refractivity contribution is 8.00. The van der Waals surface area contributed by atoms with Crippen molar-refractivity contribution in [3.8, 4) is 11.5 Å². The van der Waals surface area contributed by atoms with Gasteiger partial charge in [0.15, 0.2) is 11.8 Å². The first-order valence-corrected chi connectivity index (χ1v) is 23.9. The molecule has 2 N–H and O–H groups in total. The molecule has 15 heteroatoms. The van der Waals surface area contributed by atoms with Gasteiger partial charge in [0.05, 0.1) is 32.4 Å². The van der Waals surface area contributed by atoms with Gasteiger partial charge in [-0.15, -0.1) is 11.8 Å². The Labute approximate surface area is 377 Å². The van der Waals surface area contributed by atoms with E-state index in [2.05, 4.69) is 29.8 Å². The van der Waals surface area contributed by atoms with Crippen molar-refractivity contribution in [1.29, 1.82) is 0 Å². The van der Waals surface area contributed by atoms with Gasteiger partial charge in [0.2, 0.25) is 11.3 Å². The molecule has 0 spiro atoms. The average molecular weight is 930 g/mol. The monoisotopic (exact) mass is 928 g/mol. The summed E-state index contributed by atoms with van der Waals surface area (Å²) in [6.07, 6.45) is 7.34. The third-order valence-electron chi connectivity index (χ3n) is 11.9. The Bertz CT molecular complexity index is 2700. The Hall–Kier alpha value is -3.65. The Morgan fingerprint density at radius 1 is 0.951 bits per heavy atom. The van der Waals surface area contributed by atoms with E-state index < -0.39 is 21.4 Å². The van der Waals surface area contributed by atoms with Crippen LogP contribution in [0.15, 0.2) is 41.3 Å². The minimum atomic E-state index is -4.45. The zero-order valence-corrected chi connectivity index (χ0v) is 40.1. The molecule has 0 radical (unpaired) electrons. The molecule has 0 aliphatic carbocycles. The first-order valence-electron chi connectivity index (χ1n) is 20.1. The van der Waals surface area contributed by atoms with Crippen LogP contribution < -0.4 is 30.1 Å². The van der Waals surface area contributed by atoms with Crippen LogP contribution in [0.3, 0.4) is 0 Å². The van der Waals surface area contributed by atoms with Crippen molar-refractivity contribution >= 4 is 97.1 Å². The average Bonchev–Trinajstić information content (AvgIpc) is 3.15. The number of amides is 1. The van der Waals surface area contributed by atoms with Crippen LogP contribution in [0.1, 0.15) is 114 Å². The van der Waals surface area contributed by atoms with Crippen LogP contribution in [0.25, 0.3) is 16.7 Å². The first-order chi connectivity index (χ1) is 28.3. The molecular formula is C46H53Cl3N3O7S2+. The van der Waals surface area contributed by atoms with Crippen LogP contribution in [0, 0.1) is 5.41 Å². The van der Waals surface area contributed by atoms with E-state index in [0.29, 0.717) is 75.2 Å². The summed E-state index contributed by atoms with van der Waals surface area (Å²) in [6.45, 7) is 16.3. The largest absolute Gasteiger partial charge is 0.456 e. The number of thioether (sulfide) groups is 1. The molecule has 0 saturated carbocycles. The van der Waals surface area contributed by atoms with Crippen molar-refractivity contribution in [2.45, 2.75) is 97.0 Å².